The zero-order valence-electron chi connectivity index (χ0n) is 19.5. The lowest BCUT2D eigenvalue weighted by molar-refractivity contribution is -0.165. The van der Waals surface area contributed by atoms with Crippen molar-refractivity contribution in [1.82, 2.24) is 9.88 Å². The highest BCUT2D eigenvalue weighted by Crippen LogP contribution is 2.55. The maximum atomic E-state index is 13.8. The topological polar surface area (TPSA) is 73.0 Å². The Morgan fingerprint density at radius 3 is 2.72 bits per heavy atom. The van der Waals surface area contributed by atoms with E-state index in [2.05, 4.69) is 9.88 Å². The van der Waals surface area contributed by atoms with Crippen molar-refractivity contribution in [2.75, 3.05) is 47.6 Å². The second kappa shape index (κ2) is 8.27. The predicted octanol–water partition coefficient (Wildman–Crippen LogP) is 3.29. The first-order chi connectivity index (χ1) is 15.6. The predicted molar refractivity (Wildman–Crippen MR) is 121 cm³/mol. The quantitative estimate of drug-likeness (QED) is 0.664. The molecule has 7 nitrogen and oxygen atoms in total. The highest BCUT2D eigenvalue weighted by atomic mass is 16.5. The number of esters is 1. The van der Waals surface area contributed by atoms with Crippen molar-refractivity contribution in [3.63, 3.8) is 0 Å². The number of H-pyrrole nitrogens is 1. The molecule has 1 aromatic carbocycles. The Kier molecular flexibility index (Phi) is 5.58. The van der Waals surface area contributed by atoms with Crippen LogP contribution in [0.5, 0.6) is 11.5 Å². The molecule has 6 rings (SSSR count). The molecule has 2 aromatic rings. The van der Waals surface area contributed by atoms with Gasteiger partial charge in [-0.3, -0.25) is 9.69 Å². The Hall–Kier alpha value is -2.25. The van der Waals surface area contributed by atoms with Crippen LogP contribution in [0.2, 0.25) is 0 Å². The van der Waals surface area contributed by atoms with Gasteiger partial charge in [-0.2, -0.15) is 0 Å². The van der Waals surface area contributed by atoms with Crippen LogP contribution < -0.4 is 9.47 Å². The van der Waals surface area contributed by atoms with Gasteiger partial charge in [0.25, 0.3) is 0 Å². The maximum Gasteiger partial charge on any atom is 0.319 e. The number of carbonyl (C=O) groups is 1. The third-order valence-electron chi connectivity index (χ3n) is 7.92. The fourth-order valence-electron chi connectivity index (χ4n) is 6.88. The van der Waals surface area contributed by atoms with E-state index in [9.17, 15) is 4.79 Å². The number of nitrogens with zero attached hydrogens (tertiary/aromatic N) is 1. The first-order valence-electron chi connectivity index (χ1n) is 11.7. The standard InChI is InChI=1S/C25H34N2O5/c1-5-32-24(28)25-13-15-10-16(7-9-29-2)23(25)27(14-15)8-6-17-18-11-20(30-3)21(31-4)12-19(18)26-22(17)25/h11-12,15-16,23,26H,5-10,13-14H2,1-4H3/t15-,16?,23?,25?/m0/s1. The lowest BCUT2D eigenvalue weighted by Crippen LogP contribution is -2.67. The van der Waals surface area contributed by atoms with Gasteiger partial charge in [0.05, 0.1) is 20.8 Å². The van der Waals surface area contributed by atoms with E-state index in [1.165, 1.54) is 5.56 Å². The number of benzene rings is 1. The molecule has 4 heterocycles. The third-order valence-corrected chi connectivity index (χ3v) is 7.92. The van der Waals surface area contributed by atoms with Gasteiger partial charge in [0.2, 0.25) is 0 Å². The third kappa shape index (κ3) is 3.05. The van der Waals surface area contributed by atoms with E-state index in [1.54, 1.807) is 21.3 Å². The van der Waals surface area contributed by atoms with Crippen LogP contribution in [-0.4, -0.2) is 69.5 Å². The van der Waals surface area contributed by atoms with Gasteiger partial charge in [-0.15, -0.1) is 0 Å². The minimum Gasteiger partial charge on any atom is -0.493 e. The first-order valence-corrected chi connectivity index (χ1v) is 11.7. The van der Waals surface area contributed by atoms with Gasteiger partial charge < -0.3 is 23.9 Å². The van der Waals surface area contributed by atoms with E-state index in [4.69, 9.17) is 18.9 Å². The smallest absolute Gasteiger partial charge is 0.319 e. The summed E-state index contributed by atoms with van der Waals surface area (Å²) in [6.45, 7) is 5.01. The number of carbonyl (C=O) groups excluding carboxylic acids is 1. The number of hydrogen-bond donors (Lipinski definition) is 1. The molecule has 1 aliphatic carbocycles. The lowest BCUT2D eigenvalue weighted by Gasteiger charge is -2.58. The largest absolute Gasteiger partial charge is 0.493 e. The van der Waals surface area contributed by atoms with Crippen molar-refractivity contribution >= 4 is 16.9 Å². The first kappa shape index (κ1) is 21.6. The summed E-state index contributed by atoms with van der Waals surface area (Å²) in [6, 6.07) is 4.16. The average Bonchev–Trinajstić information content (AvgIpc) is 3.13. The summed E-state index contributed by atoms with van der Waals surface area (Å²) in [5, 5.41) is 1.11. The number of rotatable bonds is 7. The number of methoxy groups -OCH3 is 3. The molecule has 0 amide bonds. The summed E-state index contributed by atoms with van der Waals surface area (Å²) in [5.41, 5.74) is 2.57. The molecule has 0 radical (unpaired) electrons. The van der Waals surface area contributed by atoms with E-state index in [1.807, 2.05) is 19.1 Å². The number of piperidine rings is 2. The molecule has 7 heteroatoms. The van der Waals surface area contributed by atoms with Crippen LogP contribution in [0.1, 0.15) is 37.4 Å². The molecule has 3 aliphatic heterocycles. The number of aromatic amines is 1. The summed E-state index contributed by atoms with van der Waals surface area (Å²) in [7, 11) is 5.06. The Morgan fingerprint density at radius 2 is 2.00 bits per heavy atom. The molecule has 1 aromatic heterocycles. The van der Waals surface area contributed by atoms with E-state index in [-0.39, 0.29) is 12.0 Å². The average molecular weight is 443 g/mol. The fraction of sp³-hybridized carbons (Fsp3) is 0.640. The highest BCUT2D eigenvalue weighted by Gasteiger charge is 2.63. The molecule has 174 valence electrons. The minimum atomic E-state index is -0.680. The monoisotopic (exact) mass is 442 g/mol. The molecule has 1 saturated carbocycles. The van der Waals surface area contributed by atoms with Crippen LogP contribution in [0.3, 0.4) is 0 Å². The zero-order valence-corrected chi connectivity index (χ0v) is 19.5. The summed E-state index contributed by atoms with van der Waals surface area (Å²) in [5.74, 6) is 2.20. The van der Waals surface area contributed by atoms with Crippen LogP contribution in [0.4, 0.5) is 0 Å². The SMILES string of the molecule is CCOC(=O)C12C[C@@H]3CC(CCOC)C1N(CCc1c2[nH]c2cc(OC)c(OC)cc12)C3. The van der Waals surface area contributed by atoms with Gasteiger partial charge in [0.1, 0.15) is 5.41 Å². The number of hydrogen-bond acceptors (Lipinski definition) is 6. The van der Waals surface area contributed by atoms with Gasteiger partial charge in [-0.05, 0) is 56.1 Å². The lowest BCUT2D eigenvalue weighted by atomic mass is 9.56. The van der Waals surface area contributed by atoms with Crippen molar-refractivity contribution in [2.45, 2.75) is 44.1 Å². The maximum absolute atomic E-state index is 13.8. The van der Waals surface area contributed by atoms with Crippen LogP contribution in [0.25, 0.3) is 10.9 Å². The Labute approximate surface area is 189 Å². The molecular weight excluding hydrogens is 408 g/mol. The molecule has 5 atom stereocenters. The van der Waals surface area contributed by atoms with E-state index in [0.29, 0.717) is 36.5 Å². The number of aromatic nitrogens is 1. The Morgan fingerprint density at radius 1 is 1.22 bits per heavy atom. The highest BCUT2D eigenvalue weighted by molar-refractivity contribution is 5.93. The zero-order chi connectivity index (χ0) is 22.5. The second-order valence-electron chi connectivity index (χ2n) is 9.46. The van der Waals surface area contributed by atoms with Gasteiger partial charge in [0.15, 0.2) is 11.5 Å². The summed E-state index contributed by atoms with van der Waals surface area (Å²) >= 11 is 0. The number of nitrogens with one attached hydrogen (secondary N) is 1. The van der Waals surface area contributed by atoms with Crippen molar-refractivity contribution in [3.8, 4) is 11.5 Å². The van der Waals surface area contributed by atoms with Crippen LogP contribution in [0.15, 0.2) is 12.1 Å². The Bertz CT molecular complexity index is 1020. The van der Waals surface area contributed by atoms with Crippen LogP contribution in [-0.2, 0) is 26.1 Å². The Balaban J connectivity index is 1.72. The van der Waals surface area contributed by atoms with Gasteiger partial charge in [-0.25, -0.2) is 0 Å². The van der Waals surface area contributed by atoms with Crippen molar-refractivity contribution in [1.29, 1.82) is 0 Å². The summed E-state index contributed by atoms with van der Waals surface area (Å²) in [4.78, 5) is 20.1. The molecule has 3 fully saturated rings. The molecular formula is C25H34N2O5. The van der Waals surface area contributed by atoms with Crippen molar-refractivity contribution in [3.05, 3.63) is 23.4 Å². The molecule has 1 N–H and O–H groups in total. The second-order valence-corrected chi connectivity index (χ2v) is 9.46. The molecule has 32 heavy (non-hydrogen) atoms. The van der Waals surface area contributed by atoms with Gasteiger partial charge in [-0.1, -0.05) is 0 Å². The molecule has 0 spiro atoms. The van der Waals surface area contributed by atoms with Crippen molar-refractivity contribution < 1.29 is 23.7 Å². The number of ether oxygens (including phenoxy) is 4. The normalized spacial score (nSPS) is 30.6. The van der Waals surface area contributed by atoms with Gasteiger partial charge in [0, 0.05) is 55.5 Å². The van der Waals surface area contributed by atoms with Crippen molar-refractivity contribution in [2.24, 2.45) is 11.8 Å². The fourth-order valence-corrected chi connectivity index (χ4v) is 6.88. The van der Waals surface area contributed by atoms with Crippen LogP contribution >= 0.6 is 0 Å². The summed E-state index contributed by atoms with van der Waals surface area (Å²) < 4.78 is 22.4. The molecule has 2 saturated heterocycles. The molecule has 4 bridgehead atoms. The number of fused-ring (bicyclic) bond motifs is 4. The van der Waals surface area contributed by atoms with E-state index >= 15 is 0 Å². The minimum absolute atomic E-state index is 0.0875. The molecule has 4 unspecified atom stereocenters. The van der Waals surface area contributed by atoms with Crippen LogP contribution in [0, 0.1) is 11.8 Å². The summed E-state index contributed by atoms with van der Waals surface area (Å²) in [6.07, 6.45) is 3.85. The van der Waals surface area contributed by atoms with E-state index in [0.717, 1.165) is 55.4 Å². The molecule has 4 aliphatic rings. The van der Waals surface area contributed by atoms with E-state index < -0.39 is 5.41 Å². The van der Waals surface area contributed by atoms with Gasteiger partial charge >= 0.3 is 5.97 Å².